The molecule has 0 radical (unpaired) electrons. The van der Waals surface area contributed by atoms with Gasteiger partial charge in [0.15, 0.2) is 11.2 Å². The summed E-state index contributed by atoms with van der Waals surface area (Å²) in [5.74, 6) is 0. The molecule has 0 bridgehead atoms. The lowest BCUT2D eigenvalue weighted by Gasteiger charge is -2.14. The smallest absolute Gasteiger partial charge is 0.325 e. The van der Waals surface area contributed by atoms with Crippen molar-refractivity contribution in [2.45, 2.75) is 64.7 Å². The van der Waals surface area contributed by atoms with Crippen molar-refractivity contribution >= 4 is 11.2 Å². The Morgan fingerprint density at radius 1 is 1.48 bits per heavy atom. The first kappa shape index (κ1) is 4.00. The van der Waals surface area contributed by atoms with Gasteiger partial charge in [-0.3, -0.25) is 13.9 Å². The normalized spacial score (nSPS) is 35.7. The maximum absolute atomic E-state index is 16.0. The van der Waals surface area contributed by atoms with Gasteiger partial charge in [0, 0.05) is 50.1 Å². The fourth-order valence-corrected chi connectivity index (χ4v) is 1.53. The lowest BCUT2D eigenvalue weighted by molar-refractivity contribution is 0.195. The fourth-order valence-electron chi connectivity index (χ4n) is 1.53. The second-order valence-corrected chi connectivity index (χ2v) is 3.93. The van der Waals surface area contributed by atoms with Gasteiger partial charge in [0.2, 0.25) is 0 Å². The standard InChI is InChI=1S/C16H25FN4O2/c1-5-9-20-11-18-13-12(20)14(22)21(15(23)19(13)4)10-7-6-8-16(2,3)17/h11H,5-10H2,1-4H3/i1D3,2D3,3T3,4D3,5D2,6D2,7D2,8D2,9D2,10D2. The van der Waals surface area contributed by atoms with E-state index < -0.39 is 103 Å². The Morgan fingerprint density at radius 3 is 3.04 bits per heavy atom. The third kappa shape index (κ3) is 3.71. The molecule has 0 amide bonds. The quantitative estimate of drug-likeness (QED) is 0.768. The zero-order valence-corrected chi connectivity index (χ0v) is 11.1. The molecular weight excluding hydrogens is 299 g/mol. The summed E-state index contributed by atoms with van der Waals surface area (Å²) in [4.78, 5) is 30.5. The van der Waals surface area contributed by atoms with Crippen LogP contribution in [0.5, 0.6) is 0 Å². The molecule has 0 N–H and O–H groups in total. The SMILES string of the molecule is [2H]C([2H])([2H])n1c(=O)n(C([2H])([2H])C([2H])([2H])C([2H])([2H])C([2H])([2H])C(F)(C([2H])([2H])[2H])C([3H])([3H])[3H])c(=O)c2c1ncn2C([2H])([2H])C([2H])([2H])C([2H])([2H])[2H]. The number of halogens is 1. The van der Waals surface area contributed by atoms with Crippen LogP contribution in [0.2, 0.25) is 0 Å². The van der Waals surface area contributed by atoms with Gasteiger partial charge >= 0.3 is 5.69 Å². The van der Waals surface area contributed by atoms with E-state index in [4.69, 9.17) is 32.9 Å². The Kier molecular flexibility index (Phi) is 1.16. The summed E-state index contributed by atoms with van der Waals surface area (Å²) in [6.45, 7) is -25.6. The number of aryl methyl sites for hydroxylation is 2. The van der Waals surface area contributed by atoms with Crippen LogP contribution >= 0.6 is 0 Å². The number of rotatable bonds is 7. The molecule has 6 nitrogen and oxygen atoms in total. The molecule has 0 spiro atoms. The van der Waals surface area contributed by atoms with Crippen molar-refractivity contribution in [2.24, 2.45) is 6.98 Å². The van der Waals surface area contributed by atoms with Gasteiger partial charge in [-0.15, -0.1) is 0 Å². The highest BCUT2D eigenvalue weighted by molar-refractivity contribution is 5.69. The molecular formula is C16H25FN4O2. The van der Waals surface area contributed by atoms with Crippen molar-refractivity contribution in [3.8, 4) is 0 Å². The molecule has 0 saturated heterocycles. The molecule has 1 unspecified atom stereocenters. The molecule has 23 heavy (non-hydrogen) atoms. The Labute approximate surface area is 168 Å². The van der Waals surface area contributed by atoms with Crippen LogP contribution in [-0.2, 0) is 20.0 Å². The van der Waals surface area contributed by atoms with Gasteiger partial charge in [-0.05, 0) is 39.2 Å². The van der Waals surface area contributed by atoms with Gasteiger partial charge in [-0.25, -0.2) is 14.2 Å². The van der Waals surface area contributed by atoms with Crippen LogP contribution in [0.15, 0.2) is 15.9 Å². The second kappa shape index (κ2) is 6.68. The van der Waals surface area contributed by atoms with E-state index in [9.17, 15) is 9.59 Å². The van der Waals surface area contributed by atoms with Crippen LogP contribution in [0.25, 0.3) is 11.2 Å². The van der Waals surface area contributed by atoms with Crippen LogP contribution in [0.1, 0.15) is 78.9 Å². The molecule has 0 aliphatic carbocycles. The summed E-state index contributed by atoms with van der Waals surface area (Å²) in [5.41, 5.74) is -13.1. The largest absolute Gasteiger partial charge is 0.332 e. The van der Waals surface area contributed by atoms with Crippen molar-refractivity contribution < 1.29 is 37.3 Å². The number of fused-ring (bicyclic) bond motifs is 1. The highest BCUT2D eigenvalue weighted by Crippen LogP contribution is 2.17. The Balaban J connectivity index is 3.23. The van der Waals surface area contributed by atoms with E-state index in [2.05, 4.69) is 4.98 Å². The van der Waals surface area contributed by atoms with E-state index >= 15 is 4.39 Å². The monoisotopic (exact) mass is 351 g/mol. The van der Waals surface area contributed by atoms with E-state index in [1.165, 1.54) is 0 Å². The van der Waals surface area contributed by atoms with Crippen molar-refractivity contribution in [1.82, 2.24) is 18.7 Å². The van der Waals surface area contributed by atoms with E-state index in [1.807, 2.05) is 0 Å². The first-order chi connectivity index (χ1) is 20.2. The van der Waals surface area contributed by atoms with Crippen molar-refractivity contribution in [2.75, 3.05) is 0 Å². The van der Waals surface area contributed by atoms with Crippen LogP contribution < -0.4 is 11.2 Å². The summed E-state index contributed by atoms with van der Waals surface area (Å²) in [6, 6.07) is 0. The van der Waals surface area contributed by atoms with Gasteiger partial charge in [-0.1, -0.05) is 6.85 Å². The Bertz CT molecular complexity index is 1640. The maximum atomic E-state index is 16.0. The van der Waals surface area contributed by atoms with Crippen molar-refractivity contribution in [3.05, 3.63) is 27.2 Å². The number of imidazole rings is 1. The highest BCUT2D eigenvalue weighted by atomic mass is 19.1. The molecule has 0 aliphatic heterocycles. The molecule has 7 heteroatoms. The third-order valence-electron chi connectivity index (χ3n) is 2.39. The van der Waals surface area contributed by atoms with Crippen molar-refractivity contribution in [3.63, 3.8) is 0 Å². The van der Waals surface area contributed by atoms with Gasteiger partial charge in [0.1, 0.15) is 5.67 Å². The Hall–Kier alpha value is -1.92. The second-order valence-electron chi connectivity index (χ2n) is 3.93. The molecule has 0 aliphatic rings. The van der Waals surface area contributed by atoms with Crippen LogP contribution in [0.4, 0.5) is 4.39 Å². The van der Waals surface area contributed by atoms with Gasteiger partial charge in [0.05, 0.1) is 9.07 Å². The predicted octanol–water partition coefficient (Wildman–Crippen LogP) is 2.23. The summed E-state index contributed by atoms with van der Waals surface area (Å²) >= 11 is 0. The first-order valence-corrected chi connectivity index (χ1v) is 5.63. The molecule has 128 valence electrons. The van der Waals surface area contributed by atoms with Gasteiger partial charge < -0.3 is 4.57 Å². The van der Waals surface area contributed by atoms with E-state index in [-0.39, 0.29) is 10.9 Å². The average Bonchev–Trinajstić information content (AvgIpc) is 3.25. The topological polar surface area (TPSA) is 61.8 Å². The molecule has 0 aromatic carbocycles. The minimum Gasteiger partial charge on any atom is -0.325 e. The lowest BCUT2D eigenvalue weighted by Crippen LogP contribution is -2.39. The predicted molar refractivity (Wildman–Crippen MR) is 88.6 cm³/mol. The summed E-state index contributed by atoms with van der Waals surface area (Å²) < 4.78 is 200. The number of hydrogen-bond acceptors (Lipinski definition) is 3. The van der Waals surface area contributed by atoms with E-state index in [1.54, 1.807) is 0 Å². The molecule has 2 aromatic rings. The van der Waals surface area contributed by atoms with E-state index in [0.29, 0.717) is 0 Å². The zero-order chi connectivity index (χ0) is 38.0. The summed E-state index contributed by atoms with van der Waals surface area (Å²) in [5, 5.41) is 0. The summed E-state index contributed by atoms with van der Waals surface area (Å²) in [6.07, 6.45) is -18.9. The summed E-state index contributed by atoms with van der Waals surface area (Å²) in [7, 11) is 0. The number of alkyl halides is 1. The molecule has 2 heterocycles. The number of nitrogens with zero attached hydrogens (tertiary/aromatic N) is 4. The molecule has 2 aromatic heterocycles. The third-order valence-corrected chi connectivity index (χ3v) is 2.39. The lowest BCUT2D eigenvalue weighted by atomic mass is 10.0. The molecule has 0 saturated carbocycles. The van der Waals surface area contributed by atoms with Crippen LogP contribution in [-0.4, -0.2) is 24.4 Å². The minimum absolute atomic E-state index is 0.147. The molecule has 2 rings (SSSR count). The fraction of sp³-hybridized carbons (Fsp3) is 0.688. The van der Waals surface area contributed by atoms with Crippen LogP contribution in [0.3, 0.4) is 0 Å². The average molecular weight is 352 g/mol. The molecule has 0 fully saturated rings. The maximum Gasteiger partial charge on any atom is 0.332 e. The molecule has 1 atom stereocenters. The van der Waals surface area contributed by atoms with Crippen LogP contribution in [0, 0.1) is 0 Å². The zero-order valence-electron chi connectivity index (χ0n) is 35.1. The number of hydrogen-bond donors (Lipinski definition) is 0. The highest BCUT2D eigenvalue weighted by Gasteiger charge is 2.17. The van der Waals surface area contributed by atoms with Gasteiger partial charge in [0.25, 0.3) is 5.56 Å². The first-order valence-electron chi connectivity index (χ1n) is 17.6. The minimum atomic E-state index is -5.32. The van der Waals surface area contributed by atoms with E-state index in [0.717, 1.165) is 0 Å². The van der Waals surface area contributed by atoms with Crippen molar-refractivity contribution in [1.29, 1.82) is 0 Å². The van der Waals surface area contributed by atoms with Gasteiger partial charge in [-0.2, -0.15) is 0 Å². The Morgan fingerprint density at radius 2 is 2.35 bits per heavy atom. The number of aromatic nitrogens is 4.